The number of nitrogens with two attached hydrogens (primary N) is 1. The van der Waals surface area contributed by atoms with Crippen LogP contribution in [0.1, 0.15) is 27.9 Å². The molecule has 128 valence electrons. The van der Waals surface area contributed by atoms with Gasteiger partial charge in [-0.1, -0.05) is 28.9 Å². The number of anilines is 1. The Labute approximate surface area is 152 Å². The van der Waals surface area contributed by atoms with E-state index in [2.05, 4.69) is 20.4 Å². The van der Waals surface area contributed by atoms with Crippen molar-refractivity contribution < 1.29 is 10.0 Å². The molecule has 0 radical (unpaired) electrons. The average Bonchev–Trinajstić information content (AvgIpc) is 3.01. The number of hydrogen-bond donors (Lipinski definition) is 3. The fourth-order valence-electron chi connectivity index (χ4n) is 2.33. The van der Waals surface area contributed by atoms with Crippen molar-refractivity contribution in [2.24, 2.45) is 5.16 Å². The molecule has 0 fully saturated rings. The lowest BCUT2D eigenvalue weighted by Gasteiger charge is -2.06. The number of nitrogen functional groups attached to an aromatic ring is 1. The van der Waals surface area contributed by atoms with Gasteiger partial charge in [-0.2, -0.15) is 0 Å². The van der Waals surface area contributed by atoms with Gasteiger partial charge in [0.05, 0.1) is 4.88 Å². The Morgan fingerprint density at radius 2 is 2.08 bits per heavy atom. The molecule has 0 saturated carbocycles. The van der Waals surface area contributed by atoms with Crippen molar-refractivity contribution in [3.63, 3.8) is 0 Å². The van der Waals surface area contributed by atoms with E-state index < -0.39 is 0 Å². The molecule has 3 rings (SSSR count). The van der Waals surface area contributed by atoms with Crippen molar-refractivity contribution in [1.29, 1.82) is 0 Å². The number of carbonyl (C=O) groups excluding carboxylic acids is 1. The molecule has 2 aromatic heterocycles. The van der Waals surface area contributed by atoms with Gasteiger partial charge in [-0.3, -0.25) is 4.79 Å². The number of halogens is 1. The Kier molecular flexibility index (Phi) is 4.82. The molecule has 0 saturated heterocycles. The zero-order valence-corrected chi connectivity index (χ0v) is 14.7. The normalized spacial score (nSPS) is 11.7. The largest absolute Gasteiger partial charge is 0.410 e. The van der Waals surface area contributed by atoms with E-state index in [9.17, 15) is 10.0 Å². The maximum absolute atomic E-state index is 12.1. The first kappa shape index (κ1) is 17.1. The van der Waals surface area contributed by atoms with Gasteiger partial charge in [0.2, 0.25) is 5.95 Å². The van der Waals surface area contributed by atoms with Crippen molar-refractivity contribution in [3.05, 3.63) is 51.5 Å². The van der Waals surface area contributed by atoms with Crippen LogP contribution in [0.5, 0.6) is 0 Å². The summed E-state index contributed by atoms with van der Waals surface area (Å²) in [6.45, 7) is 2.35. The zero-order valence-electron chi connectivity index (χ0n) is 13.2. The van der Waals surface area contributed by atoms with Crippen LogP contribution in [0.4, 0.5) is 5.95 Å². The summed E-state index contributed by atoms with van der Waals surface area (Å²) in [4.78, 5) is 21.5. The summed E-state index contributed by atoms with van der Waals surface area (Å²) >= 11 is 7.10. The van der Waals surface area contributed by atoms with E-state index in [0.717, 1.165) is 0 Å². The Hall–Kier alpha value is -2.71. The minimum absolute atomic E-state index is 0.0295. The van der Waals surface area contributed by atoms with Crippen molar-refractivity contribution in [3.8, 4) is 0 Å². The highest BCUT2D eigenvalue weighted by atomic mass is 35.5. The monoisotopic (exact) mass is 375 g/mol. The SMILES string of the molecule is CCNC(=O)c1cc2c(C(=NO)c3ccc(Cl)cc3)nc(N)nc2s1. The average molecular weight is 376 g/mol. The molecular weight excluding hydrogens is 362 g/mol. The van der Waals surface area contributed by atoms with Crippen LogP contribution in [0.25, 0.3) is 10.2 Å². The lowest BCUT2D eigenvalue weighted by atomic mass is 10.1. The second-order valence-electron chi connectivity index (χ2n) is 5.07. The molecule has 0 atom stereocenters. The van der Waals surface area contributed by atoms with Crippen LogP contribution < -0.4 is 11.1 Å². The molecular formula is C16H14ClN5O2S. The van der Waals surface area contributed by atoms with Gasteiger partial charge in [0.15, 0.2) is 0 Å². The third-order valence-electron chi connectivity index (χ3n) is 3.41. The lowest BCUT2D eigenvalue weighted by molar-refractivity contribution is 0.0960. The highest BCUT2D eigenvalue weighted by Gasteiger charge is 2.19. The van der Waals surface area contributed by atoms with E-state index in [-0.39, 0.29) is 17.6 Å². The molecule has 3 aromatic rings. The van der Waals surface area contributed by atoms with Gasteiger partial charge in [0.1, 0.15) is 16.2 Å². The molecule has 1 aromatic carbocycles. The highest BCUT2D eigenvalue weighted by Crippen LogP contribution is 2.28. The third-order valence-corrected chi connectivity index (χ3v) is 4.69. The summed E-state index contributed by atoms with van der Waals surface area (Å²) in [6.07, 6.45) is 0. The number of hydrogen-bond acceptors (Lipinski definition) is 7. The van der Waals surface area contributed by atoms with Gasteiger partial charge in [0.25, 0.3) is 5.91 Å². The fourth-order valence-corrected chi connectivity index (χ4v) is 3.41. The van der Waals surface area contributed by atoms with Crippen molar-refractivity contribution in [1.82, 2.24) is 15.3 Å². The van der Waals surface area contributed by atoms with Crippen molar-refractivity contribution in [2.75, 3.05) is 12.3 Å². The number of carbonyl (C=O) groups is 1. The third kappa shape index (κ3) is 3.40. The maximum atomic E-state index is 12.1. The molecule has 0 spiro atoms. The summed E-state index contributed by atoms with van der Waals surface area (Å²) in [5.74, 6) is -0.175. The highest BCUT2D eigenvalue weighted by molar-refractivity contribution is 7.20. The summed E-state index contributed by atoms with van der Waals surface area (Å²) in [7, 11) is 0. The molecule has 0 aliphatic carbocycles. The Bertz CT molecular complexity index is 969. The summed E-state index contributed by atoms with van der Waals surface area (Å²) in [5.41, 5.74) is 6.96. The predicted molar refractivity (Wildman–Crippen MR) is 98.7 cm³/mol. The number of nitrogens with one attached hydrogen (secondary N) is 1. The molecule has 25 heavy (non-hydrogen) atoms. The first-order chi connectivity index (χ1) is 12.0. The number of fused-ring (bicyclic) bond motifs is 1. The summed E-state index contributed by atoms with van der Waals surface area (Å²) < 4.78 is 0. The van der Waals surface area contributed by atoms with Gasteiger partial charge >= 0.3 is 0 Å². The number of rotatable bonds is 4. The minimum atomic E-state index is -0.205. The molecule has 7 nitrogen and oxygen atoms in total. The number of amides is 1. The zero-order chi connectivity index (χ0) is 18.0. The summed E-state index contributed by atoms with van der Waals surface area (Å²) in [5, 5.41) is 16.8. The quantitative estimate of drug-likeness (QED) is 0.368. The van der Waals surface area contributed by atoms with E-state index in [1.807, 2.05) is 6.92 Å². The fraction of sp³-hybridized carbons (Fsp3) is 0.125. The van der Waals surface area contributed by atoms with Crippen molar-refractivity contribution in [2.45, 2.75) is 6.92 Å². The number of nitrogens with zero attached hydrogens (tertiary/aromatic N) is 3. The molecule has 0 unspecified atom stereocenters. The number of benzene rings is 1. The Morgan fingerprint density at radius 3 is 2.72 bits per heavy atom. The van der Waals surface area contributed by atoms with E-state index in [1.54, 1.807) is 30.3 Å². The molecule has 4 N–H and O–H groups in total. The first-order valence-corrected chi connectivity index (χ1v) is 8.56. The smallest absolute Gasteiger partial charge is 0.261 e. The molecule has 1 amide bonds. The number of aromatic nitrogens is 2. The topological polar surface area (TPSA) is 113 Å². The second kappa shape index (κ2) is 7.04. The molecule has 0 aliphatic rings. The molecule has 9 heteroatoms. The lowest BCUT2D eigenvalue weighted by Crippen LogP contribution is -2.21. The van der Waals surface area contributed by atoms with Gasteiger partial charge in [-0.05, 0) is 25.1 Å². The van der Waals surface area contributed by atoms with Gasteiger partial charge in [-0.25, -0.2) is 9.97 Å². The van der Waals surface area contributed by atoms with Crippen LogP contribution in [0.3, 0.4) is 0 Å². The van der Waals surface area contributed by atoms with Crippen LogP contribution in [-0.2, 0) is 0 Å². The van der Waals surface area contributed by atoms with Crippen LogP contribution in [0.15, 0.2) is 35.5 Å². The standard InChI is InChI=1S/C16H14ClN5O2S/c1-2-19-14(23)11-7-10-13(20-16(18)21-15(10)25-11)12(22-24)8-3-5-9(17)6-4-8/h3-7,24H,2H2,1H3,(H,19,23)(H2,18,20,21). The Morgan fingerprint density at radius 1 is 1.36 bits per heavy atom. The van der Waals surface area contributed by atoms with Crippen LogP contribution in [-0.4, -0.2) is 33.3 Å². The van der Waals surface area contributed by atoms with E-state index in [1.165, 1.54) is 11.3 Å². The number of oxime groups is 1. The van der Waals surface area contributed by atoms with Gasteiger partial charge in [0, 0.05) is 22.5 Å². The molecule has 0 aliphatic heterocycles. The number of thiophene rings is 1. The van der Waals surface area contributed by atoms with Gasteiger partial charge < -0.3 is 16.3 Å². The molecule has 2 heterocycles. The van der Waals surface area contributed by atoms with E-state index in [0.29, 0.717) is 37.9 Å². The van der Waals surface area contributed by atoms with Gasteiger partial charge in [-0.15, -0.1) is 11.3 Å². The van der Waals surface area contributed by atoms with Crippen LogP contribution >= 0.6 is 22.9 Å². The maximum Gasteiger partial charge on any atom is 0.261 e. The predicted octanol–water partition coefficient (Wildman–Crippen LogP) is 2.90. The van der Waals surface area contributed by atoms with E-state index in [4.69, 9.17) is 17.3 Å². The first-order valence-electron chi connectivity index (χ1n) is 7.37. The van der Waals surface area contributed by atoms with Crippen molar-refractivity contribution >= 4 is 50.7 Å². The summed E-state index contributed by atoms with van der Waals surface area (Å²) in [6, 6.07) is 8.44. The Balaban J connectivity index is 2.17. The molecule has 0 bridgehead atoms. The van der Waals surface area contributed by atoms with E-state index >= 15 is 0 Å². The van der Waals surface area contributed by atoms with Crippen LogP contribution in [0.2, 0.25) is 5.02 Å². The van der Waals surface area contributed by atoms with Crippen LogP contribution in [0, 0.1) is 0 Å². The second-order valence-corrected chi connectivity index (χ2v) is 6.54. The minimum Gasteiger partial charge on any atom is -0.410 e.